The highest BCUT2D eigenvalue weighted by atomic mass is 79.9. The Morgan fingerprint density at radius 3 is 2.61 bits per heavy atom. The van der Waals surface area contributed by atoms with Crippen LogP contribution in [0.3, 0.4) is 0 Å². The molecule has 0 radical (unpaired) electrons. The molecule has 0 spiro atoms. The summed E-state index contributed by atoms with van der Waals surface area (Å²) in [6.45, 7) is 2.70. The molecule has 1 amide bonds. The van der Waals surface area contributed by atoms with Gasteiger partial charge in [0.2, 0.25) is 0 Å². The van der Waals surface area contributed by atoms with E-state index in [9.17, 15) is 4.79 Å². The number of nitrogens with one attached hydrogen (secondary N) is 2. The van der Waals surface area contributed by atoms with E-state index in [1.165, 1.54) is 0 Å². The molecule has 0 aliphatic rings. The maximum Gasteiger partial charge on any atom is 0.257 e. The minimum Gasteiger partial charge on any atom is -0.494 e. The maximum absolute atomic E-state index is 12.1. The number of rotatable bonds is 5. The molecule has 2 aromatic carbocycles. The van der Waals surface area contributed by atoms with Crippen molar-refractivity contribution in [2.75, 3.05) is 11.9 Å². The van der Waals surface area contributed by atoms with E-state index in [4.69, 9.17) is 17.0 Å². The lowest BCUT2D eigenvalue weighted by Gasteiger charge is -2.10. The first-order valence-electron chi connectivity index (χ1n) is 7.19. The highest BCUT2D eigenvalue weighted by Gasteiger charge is 2.08. The summed E-state index contributed by atoms with van der Waals surface area (Å²) >= 11 is 8.54. The molecule has 0 bridgehead atoms. The van der Waals surface area contributed by atoms with Gasteiger partial charge in [0, 0.05) is 15.7 Å². The van der Waals surface area contributed by atoms with Gasteiger partial charge in [0.25, 0.3) is 5.91 Å². The summed E-state index contributed by atoms with van der Waals surface area (Å²) in [5, 5.41) is 5.87. The van der Waals surface area contributed by atoms with Crippen molar-refractivity contribution in [3.05, 3.63) is 58.6 Å². The number of benzene rings is 2. The van der Waals surface area contributed by atoms with E-state index in [-0.39, 0.29) is 11.0 Å². The van der Waals surface area contributed by atoms with Crippen LogP contribution in [0.15, 0.2) is 53.0 Å². The van der Waals surface area contributed by atoms with Crippen LogP contribution >= 0.6 is 28.1 Å². The Morgan fingerprint density at radius 1 is 1.22 bits per heavy atom. The molecule has 2 N–H and O–H groups in total. The monoisotopic (exact) mass is 392 g/mol. The van der Waals surface area contributed by atoms with Gasteiger partial charge in [-0.1, -0.05) is 28.9 Å². The van der Waals surface area contributed by atoms with Crippen molar-refractivity contribution in [1.82, 2.24) is 5.32 Å². The molecule has 0 atom stereocenters. The Balaban J connectivity index is 1.91. The topological polar surface area (TPSA) is 50.4 Å². The molecule has 4 nitrogen and oxygen atoms in total. The van der Waals surface area contributed by atoms with Gasteiger partial charge in [-0.3, -0.25) is 10.1 Å². The van der Waals surface area contributed by atoms with Gasteiger partial charge in [-0.2, -0.15) is 0 Å². The first kappa shape index (κ1) is 17.4. The first-order valence-corrected chi connectivity index (χ1v) is 8.39. The lowest BCUT2D eigenvalue weighted by molar-refractivity contribution is 0.0977. The Morgan fingerprint density at radius 2 is 1.96 bits per heavy atom. The molecule has 0 fully saturated rings. The Kier molecular flexibility index (Phi) is 6.55. The summed E-state index contributed by atoms with van der Waals surface area (Å²) in [6.07, 6.45) is 0.942. The van der Waals surface area contributed by atoms with Crippen molar-refractivity contribution in [3.63, 3.8) is 0 Å². The standard InChI is InChI=1S/C17H17BrN2O2S/c1-2-10-22-15-8-6-12(7-9-15)16(21)20-17(23)19-14-5-3-4-13(18)11-14/h3-9,11H,2,10H2,1H3,(H2,19,20,21,23). The van der Waals surface area contributed by atoms with Gasteiger partial charge in [0.1, 0.15) is 5.75 Å². The van der Waals surface area contributed by atoms with Crippen LogP contribution in [0, 0.1) is 0 Å². The molecule has 2 aromatic rings. The lowest BCUT2D eigenvalue weighted by atomic mass is 10.2. The average molecular weight is 393 g/mol. The molecule has 120 valence electrons. The van der Waals surface area contributed by atoms with Crippen LogP contribution in [0.1, 0.15) is 23.7 Å². The number of carbonyl (C=O) groups is 1. The van der Waals surface area contributed by atoms with Crippen LogP contribution < -0.4 is 15.4 Å². The Labute approximate surface area is 149 Å². The molecule has 0 aromatic heterocycles. The van der Waals surface area contributed by atoms with Gasteiger partial charge >= 0.3 is 0 Å². The van der Waals surface area contributed by atoms with E-state index < -0.39 is 0 Å². The van der Waals surface area contributed by atoms with Crippen molar-refractivity contribution in [3.8, 4) is 5.75 Å². The van der Waals surface area contributed by atoms with Crippen molar-refractivity contribution in [2.24, 2.45) is 0 Å². The summed E-state index contributed by atoms with van der Waals surface area (Å²) in [7, 11) is 0. The van der Waals surface area contributed by atoms with Gasteiger partial charge in [-0.15, -0.1) is 0 Å². The number of ether oxygens (including phenoxy) is 1. The second kappa shape index (κ2) is 8.64. The normalized spacial score (nSPS) is 10.0. The fourth-order valence-electron chi connectivity index (χ4n) is 1.83. The maximum atomic E-state index is 12.1. The Hall–Kier alpha value is -1.92. The van der Waals surface area contributed by atoms with Crippen LogP contribution in [-0.2, 0) is 0 Å². The highest BCUT2D eigenvalue weighted by Crippen LogP contribution is 2.16. The van der Waals surface area contributed by atoms with Crippen LogP contribution in [0.25, 0.3) is 0 Å². The average Bonchev–Trinajstić information content (AvgIpc) is 2.53. The number of hydrogen-bond donors (Lipinski definition) is 2. The van der Waals surface area contributed by atoms with Crippen molar-refractivity contribution >= 4 is 44.9 Å². The third kappa shape index (κ3) is 5.65. The van der Waals surface area contributed by atoms with Crippen LogP contribution in [0.2, 0.25) is 0 Å². The molecule has 0 aliphatic carbocycles. The zero-order valence-electron chi connectivity index (χ0n) is 12.6. The van der Waals surface area contributed by atoms with E-state index in [2.05, 4.69) is 26.6 Å². The zero-order valence-corrected chi connectivity index (χ0v) is 15.0. The van der Waals surface area contributed by atoms with Gasteiger partial charge in [-0.05, 0) is 61.1 Å². The number of hydrogen-bond acceptors (Lipinski definition) is 3. The molecular weight excluding hydrogens is 376 g/mol. The van der Waals surface area contributed by atoms with E-state index in [0.717, 1.165) is 22.3 Å². The van der Waals surface area contributed by atoms with Gasteiger partial charge in [0.15, 0.2) is 5.11 Å². The molecular formula is C17H17BrN2O2S. The van der Waals surface area contributed by atoms with Crippen LogP contribution in [0.5, 0.6) is 5.75 Å². The summed E-state index contributed by atoms with van der Waals surface area (Å²) in [4.78, 5) is 12.1. The molecule has 2 rings (SSSR count). The minimum atomic E-state index is -0.264. The molecule has 6 heteroatoms. The third-order valence-electron chi connectivity index (χ3n) is 2.90. The molecule has 0 aliphatic heterocycles. The lowest BCUT2D eigenvalue weighted by Crippen LogP contribution is -2.34. The second-order valence-corrected chi connectivity index (χ2v) is 6.12. The van der Waals surface area contributed by atoms with Crippen LogP contribution in [-0.4, -0.2) is 17.6 Å². The SMILES string of the molecule is CCCOc1ccc(C(=O)NC(=S)Nc2cccc(Br)c2)cc1. The number of anilines is 1. The minimum absolute atomic E-state index is 0.249. The van der Waals surface area contributed by atoms with E-state index in [0.29, 0.717) is 12.2 Å². The fraction of sp³-hybridized carbons (Fsp3) is 0.176. The largest absolute Gasteiger partial charge is 0.494 e. The van der Waals surface area contributed by atoms with Gasteiger partial charge < -0.3 is 10.1 Å². The summed E-state index contributed by atoms with van der Waals surface area (Å²) in [6, 6.07) is 14.5. The van der Waals surface area contributed by atoms with Crippen molar-refractivity contribution < 1.29 is 9.53 Å². The summed E-state index contributed by atoms with van der Waals surface area (Å²) in [5.74, 6) is 0.484. The van der Waals surface area contributed by atoms with Gasteiger partial charge in [0.05, 0.1) is 6.61 Å². The molecule has 23 heavy (non-hydrogen) atoms. The van der Waals surface area contributed by atoms with Crippen molar-refractivity contribution in [2.45, 2.75) is 13.3 Å². The molecule has 0 unspecified atom stereocenters. The molecule has 0 saturated carbocycles. The fourth-order valence-corrected chi connectivity index (χ4v) is 2.44. The second-order valence-electron chi connectivity index (χ2n) is 4.79. The third-order valence-corrected chi connectivity index (χ3v) is 3.60. The van der Waals surface area contributed by atoms with E-state index in [1.54, 1.807) is 24.3 Å². The smallest absolute Gasteiger partial charge is 0.257 e. The quantitative estimate of drug-likeness (QED) is 0.741. The summed E-state index contributed by atoms with van der Waals surface area (Å²) < 4.78 is 6.42. The van der Waals surface area contributed by atoms with E-state index >= 15 is 0 Å². The van der Waals surface area contributed by atoms with Crippen LogP contribution in [0.4, 0.5) is 5.69 Å². The number of carbonyl (C=O) groups excluding carboxylic acids is 1. The molecule has 0 heterocycles. The number of halogens is 1. The molecule has 0 saturated heterocycles. The first-order chi connectivity index (χ1) is 11.1. The number of amides is 1. The predicted molar refractivity (Wildman–Crippen MR) is 100 cm³/mol. The predicted octanol–water partition coefficient (Wildman–Crippen LogP) is 4.36. The van der Waals surface area contributed by atoms with Crippen molar-refractivity contribution in [1.29, 1.82) is 0 Å². The summed E-state index contributed by atoms with van der Waals surface area (Å²) in [5.41, 5.74) is 1.32. The van der Waals surface area contributed by atoms with E-state index in [1.807, 2.05) is 31.2 Å². The Bertz CT molecular complexity index is 689. The van der Waals surface area contributed by atoms with Gasteiger partial charge in [-0.25, -0.2) is 0 Å². The zero-order chi connectivity index (χ0) is 16.7. The number of thiocarbonyl (C=S) groups is 1. The highest BCUT2D eigenvalue weighted by molar-refractivity contribution is 9.10.